The molecule has 1 atom stereocenters. The average molecular weight is 438 g/mol. The molecule has 1 N–H and O–H groups in total. The first-order valence-corrected chi connectivity index (χ1v) is 10.5. The molecule has 1 aliphatic heterocycles. The van der Waals surface area contributed by atoms with Gasteiger partial charge in [0, 0.05) is 24.3 Å². The fraction of sp³-hybridized carbons (Fsp3) is 0.333. The van der Waals surface area contributed by atoms with Gasteiger partial charge in [-0.05, 0) is 55.3 Å². The van der Waals surface area contributed by atoms with Crippen LogP contribution in [0.4, 0.5) is 11.4 Å². The van der Waals surface area contributed by atoms with Crippen molar-refractivity contribution in [3.05, 3.63) is 59.7 Å². The van der Waals surface area contributed by atoms with E-state index in [1.54, 1.807) is 43.3 Å². The molecule has 0 saturated carbocycles. The zero-order valence-corrected chi connectivity index (χ0v) is 18.1. The fourth-order valence-corrected chi connectivity index (χ4v) is 3.38. The number of ether oxygens (including phenoxy) is 2. The molecule has 168 valence electrons. The van der Waals surface area contributed by atoms with E-state index in [0.29, 0.717) is 16.9 Å². The predicted octanol–water partition coefficient (Wildman–Crippen LogP) is 2.96. The number of esters is 2. The second-order valence-electron chi connectivity index (χ2n) is 7.38. The minimum absolute atomic E-state index is 0.00143. The molecule has 0 unspecified atom stereocenters. The van der Waals surface area contributed by atoms with Gasteiger partial charge in [-0.2, -0.15) is 0 Å². The predicted molar refractivity (Wildman–Crippen MR) is 118 cm³/mol. The lowest BCUT2D eigenvalue weighted by Crippen LogP contribution is -2.28. The highest BCUT2D eigenvalue weighted by Crippen LogP contribution is 2.26. The summed E-state index contributed by atoms with van der Waals surface area (Å²) < 4.78 is 10.1. The molecule has 3 rings (SSSR count). The molecule has 0 spiro atoms. The smallest absolute Gasteiger partial charge is 0.338 e. The van der Waals surface area contributed by atoms with Crippen molar-refractivity contribution in [3.63, 3.8) is 0 Å². The van der Waals surface area contributed by atoms with Crippen molar-refractivity contribution in [1.29, 1.82) is 0 Å². The van der Waals surface area contributed by atoms with Crippen LogP contribution in [0.1, 0.15) is 36.2 Å². The quantitative estimate of drug-likeness (QED) is 0.636. The third-order valence-corrected chi connectivity index (χ3v) is 5.14. The number of aryl methyl sites for hydroxylation is 1. The van der Waals surface area contributed by atoms with Gasteiger partial charge in [0.1, 0.15) is 0 Å². The summed E-state index contributed by atoms with van der Waals surface area (Å²) in [6, 6.07) is 13.8. The summed E-state index contributed by atoms with van der Waals surface area (Å²) in [5.41, 5.74) is 2.73. The topological polar surface area (TPSA) is 102 Å². The van der Waals surface area contributed by atoms with E-state index >= 15 is 0 Å². The maximum absolute atomic E-state index is 12.4. The molecule has 1 aliphatic rings. The number of nitrogens with one attached hydrogen (secondary N) is 1. The van der Waals surface area contributed by atoms with Crippen LogP contribution in [-0.4, -0.2) is 43.5 Å². The van der Waals surface area contributed by atoms with Crippen molar-refractivity contribution in [2.75, 3.05) is 30.0 Å². The van der Waals surface area contributed by atoms with Crippen molar-refractivity contribution in [3.8, 4) is 0 Å². The molecule has 1 saturated heterocycles. The molecule has 2 aromatic rings. The molecule has 0 aromatic heterocycles. The minimum atomic E-state index is -0.663. The molecular formula is C24H26N2O6. The third-order valence-electron chi connectivity index (χ3n) is 5.14. The number of rotatable bonds is 8. The van der Waals surface area contributed by atoms with Crippen LogP contribution in [0.2, 0.25) is 0 Å². The molecule has 8 heteroatoms. The van der Waals surface area contributed by atoms with Crippen molar-refractivity contribution in [2.24, 2.45) is 5.92 Å². The van der Waals surface area contributed by atoms with Crippen LogP contribution >= 0.6 is 0 Å². The maximum atomic E-state index is 12.4. The van der Waals surface area contributed by atoms with E-state index in [0.717, 1.165) is 12.0 Å². The van der Waals surface area contributed by atoms with Gasteiger partial charge in [0.25, 0.3) is 5.91 Å². The number of nitrogens with zero attached hydrogens (tertiary/aromatic N) is 1. The largest absolute Gasteiger partial charge is 0.462 e. The van der Waals surface area contributed by atoms with Crippen molar-refractivity contribution >= 4 is 35.1 Å². The van der Waals surface area contributed by atoms with Gasteiger partial charge in [0.2, 0.25) is 5.91 Å². The molecule has 1 fully saturated rings. The maximum Gasteiger partial charge on any atom is 0.338 e. The van der Waals surface area contributed by atoms with Gasteiger partial charge in [-0.3, -0.25) is 14.4 Å². The molecule has 1 heterocycles. The highest BCUT2D eigenvalue weighted by molar-refractivity contribution is 6.00. The zero-order valence-electron chi connectivity index (χ0n) is 18.1. The van der Waals surface area contributed by atoms with E-state index in [9.17, 15) is 19.2 Å². The summed E-state index contributed by atoms with van der Waals surface area (Å²) in [4.78, 5) is 50.1. The van der Waals surface area contributed by atoms with Crippen LogP contribution in [-0.2, 0) is 30.3 Å². The van der Waals surface area contributed by atoms with Gasteiger partial charge in [-0.1, -0.05) is 19.1 Å². The normalized spacial score (nSPS) is 15.4. The monoisotopic (exact) mass is 438 g/mol. The SMILES string of the molecule is CCOC(=O)c1ccc(N2C[C@H](C(=O)OCC(=O)Nc3ccc(CC)cc3)CC2=O)cc1. The van der Waals surface area contributed by atoms with Gasteiger partial charge in [-0.25, -0.2) is 4.79 Å². The Balaban J connectivity index is 1.51. The zero-order chi connectivity index (χ0) is 23.1. The van der Waals surface area contributed by atoms with E-state index < -0.39 is 30.4 Å². The number of hydrogen-bond acceptors (Lipinski definition) is 6. The fourth-order valence-electron chi connectivity index (χ4n) is 3.38. The van der Waals surface area contributed by atoms with Crippen LogP contribution in [0.5, 0.6) is 0 Å². The second-order valence-corrected chi connectivity index (χ2v) is 7.38. The highest BCUT2D eigenvalue weighted by atomic mass is 16.5. The molecular weight excluding hydrogens is 412 g/mol. The average Bonchev–Trinajstić information content (AvgIpc) is 3.20. The van der Waals surface area contributed by atoms with E-state index in [-0.39, 0.29) is 25.5 Å². The lowest BCUT2D eigenvalue weighted by atomic mass is 10.1. The van der Waals surface area contributed by atoms with Gasteiger partial charge >= 0.3 is 11.9 Å². The highest BCUT2D eigenvalue weighted by Gasteiger charge is 2.36. The van der Waals surface area contributed by atoms with Gasteiger partial charge in [0.05, 0.1) is 18.1 Å². The lowest BCUT2D eigenvalue weighted by Gasteiger charge is -2.17. The summed E-state index contributed by atoms with van der Waals surface area (Å²) in [5.74, 6) is -2.37. The Morgan fingerprint density at radius 2 is 1.69 bits per heavy atom. The van der Waals surface area contributed by atoms with Crippen molar-refractivity contribution in [2.45, 2.75) is 26.7 Å². The van der Waals surface area contributed by atoms with Crippen LogP contribution in [0.3, 0.4) is 0 Å². The standard InChI is InChI=1S/C24H26N2O6/c1-3-16-5-9-19(10-6-16)25-21(27)15-32-24(30)18-13-22(28)26(14-18)20-11-7-17(8-12-20)23(29)31-4-2/h5-12,18H,3-4,13-15H2,1-2H3,(H,25,27)/t18-/m1/s1. The Hall–Kier alpha value is -3.68. The molecule has 32 heavy (non-hydrogen) atoms. The first-order valence-electron chi connectivity index (χ1n) is 10.5. The minimum Gasteiger partial charge on any atom is -0.462 e. The molecule has 0 bridgehead atoms. The molecule has 0 aliphatic carbocycles. The van der Waals surface area contributed by atoms with Crippen LogP contribution in [0.15, 0.2) is 48.5 Å². The number of carbonyl (C=O) groups is 4. The Morgan fingerprint density at radius 3 is 2.31 bits per heavy atom. The van der Waals surface area contributed by atoms with Gasteiger partial charge < -0.3 is 19.7 Å². The second kappa shape index (κ2) is 10.6. The van der Waals surface area contributed by atoms with E-state index in [2.05, 4.69) is 5.32 Å². The number of amides is 2. The Labute approximate surface area is 186 Å². The van der Waals surface area contributed by atoms with E-state index in [1.165, 1.54) is 4.90 Å². The van der Waals surface area contributed by atoms with Gasteiger partial charge in [-0.15, -0.1) is 0 Å². The molecule has 8 nitrogen and oxygen atoms in total. The van der Waals surface area contributed by atoms with Crippen LogP contribution in [0.25, 0.3) is 0 Å². The Bertz CT molecular complexity index is 985. The third kappa shape index (κ3) is 5.72. The number of anilines is 2. The number of hydrogen-bond donors (Lipinski definition) is 1. The number of benzene rings is 2. The van der Waals surface area contributed by atoms with Crippen molar-refractivity contribution < 1.29 is 28.7 Å². The summed E-state index contributed by atoms with van der Waals surface area (Å²) >= 11 is 0. The molecule has 2 amide bonds. The molecule has 2 aromatic carbocycles. The Morgan fingerprint density at radius 1 is 1.00 bits per heavy atom. The van der Waals surface area contributed by atoms with Crippen molar-refractivity contribution in [1.82, 2.24) is 0 Å². The summed E-state index contributed by atoms with van der Waals surface area (Å²) in [6.45, 7) is 3.77. The summed E-state index contributed by atoms with van der Waals surface area (Å²) in [7, 11) is 0. The van der Waals surface area contributed by atoms with E-state index in [1.807, 2.05) is 19.1 Å². The number of carbonyl (C=O) groups excluding carboxylic acids is 4. The van der Waals surface area contributed by atoms with Crippen LogP contribution < -0.4 is 10.2 Å². The summed E-state index contributed by atoms with van der Waals surface area (Å²) in [6.07, 6.45) is 0.900. The lowest BCUT2D eigenvalue weighted by molar-refractivity contribution is -0.151. The first-order chi connectivity index (χ1) is 15.4. The first kappa shape index (κ1) is 23.0. The summed E-state index contributed by atoms with van der Waals surface area (Å²) in [5, 5.41) is 2.67. The van der Waals surface area contributed by atoms with Gasteiger partial charge in [0.15, 0.2) is 6.61 Å². The van der Waals surface area contributed by atoms with E-state index in [4.69, 9.17) is 9.47 Å². The Kier molecular flexibility index (Phi) is 7.59. The van der Waals surface area contributed by atoms with Crippen LogP contribution in [0, 0.1) is 5.92 Å². The molecule has 0 radical (unpaired) electrons.